The molecule has 0 aliphatic heterocycles. The first-order valence-corrected chi connectivity index (χ1v) is 5.83. The van der Waals surface area contributed by atoms with Gasteiger partial charge < -0.3 is 0 Å². The summed E-state index contributed by atoms with van der Waals surface area (Å²) in [6.07, 6.45) is 9.11. The molecule has 0 amide bonds. The lowest BCUT2D eigenvalue weighted by Crippen LogP contribution is -2.16. The van der Waals surface area contributed by atoms with Crippen LogP contribution >= 0.6 is 11.8 Å². The van der Waals surface area contributed by atoms with Crippen molar-refractivity contribution in [3.05, 3.63) is 0 Å². The lowest BCUT2D eigenvalue weighted by atomic mass is 9.83. The van der Waals surface area contributed by atoms with Crippen molar-refractivity contribution >= 4 is 16.9 Å². The Bertz CT molecular complexity index is 215. The van der Waals surface area contributed by atoms with Gasteiger partial charge in [0.15, 0.2) is 11.4 Å². The van der Waals surface area contributed by atoms with Crippen LogP contribution in [0.3, 0.4) is 0 Å². The topological polar surface area (TPSA) is 48.2 Å². The predicted molar refractivity (Wildman–Crippen MR) is 56.5 cm³/mol. The zero-order valence-electron chi connectivity index (χ0n) is 7.92. The number of nitriles is 1. The molecule has 0 aromatic heterocycles. The van der Waals surface area contributed by atoms with Gasteiger partial charge in [-0.1, -0.05) is 31.0 Å². The summed E-state index contributed by atoms with van der Waals surface area (Å²) in [5.74, 6) is 0.897. The van der Waals surface area contributed by atoms with Crippen LogP contribution in [0.15, 0.2) is 4.99 Å². The van der Waals surface area contributed by atoms with E-state index in [1.54, 1.807) is 0 Å². The Labute approximate surface area is 83.6 Å². The number of aliphatic imine (C=N–C) groups is 1. The molecule has 1 aliphatic rings. The summed E-state index contributed by atoms with van der Waals surface area (Å²) < 4.78 is 0. The highest BCUT2D eigenvalue weighted by Gasteiger charge is 2.16. The molecule has 0 unspecified atom stereocenters. The maximum atomic E-state index is 8.38. The van der Waals surface area contributed by atoms with Crippen molar-refractivity contribution in [2.24, 2.45) is 10.9 Å². The Morgan fingerprint density at radius 1 is 1.69 bits per heavy atom. The summed E-state index contributed by atoms with van der Waals surface area (Å²) in [5, 5.41) is 11.7. The molecule has 0 bridgehead atoms. The molecule has 0 aromatic carbocycles. The van der Waals surface area contributed by atoms with Gasteiger partial charge in [0.25, 0.3) is 0 Å². The van der Waals surface area contributed by atoms with Gasteiger partial charge in [0.1, 0.15) is 0 Å². The molecule has 0 spiro atoms. The van der Waals surface area contributed by atoms with Gasteiger partial charge >= 0.3 is 0 Å². The van der Waals surface area contributed by atoms with Gasteiger partial charge in [0.05, 0.1) is 0 Å². The van der Waals surface area contributed by atoms with Gasteiger partial charge in [-0.2, -0.15) is 5.26 Å². The van der Waals surface area contributed by atoms with E-state index in [9.17, 15) is 0 Å². The van der Waals surface area contributed by atoms with E-state index in [1.807, 2.05) is 12.4 Å². The van der Waals surface area contributed by atoms with E-state index in [4.69, 9.17) is 5.26 Å². The first-order chi connectivity index (χ1) is 6.36. The molecule has 0 radical (unpaired) electrons. The van der Waals surface area contributed by atoms with Crippen LogP contribution in [0.2, 0.25) is 0 Å². The van der Waals surface area contributed by atoms with Gasteiger partial charge in [-0.25, -0.2) is 0 Å². The Kier molecular flexibility index (Phi) is 4.69. The van der Waals surface area contributed by atoms with Crippen molar-refractivity contribution in [2.75, 3.05) is 12.8 Å². The Balaban J connectivity index is 2.15. The third kappa shape index (κ3) is 3.69. The molecule has 13 heavy (non-hydrogen) atoms. The fourth-order valence-corrected chi connectivity index (χ4v) is 1.70. The first kappa shape index (κ1) is 10.4. The summed E-state index contributed by atoms with van der Waals surface area (Å²) in [5.41, 5.74) is 0. The maximum absolute atomic E-state index is 8.38. The molecule has 0 atom stereocenters. The molecule has 0 heterocycles. The molecule has 0 aromatic rings. The van der Waals surface area contributed by atoms with Crippen molar-refractivity contribution in [2.45, 2.75) is 25.7 Å². The smallest absolute Gasteiger partial charge is 0.183 e. The van der Waals surface area contributed by atoms with Crippen molar-refractivity contribution in [3.63, 3.8) is 0 Å². The lowest BCUT2D eigenvalue weighted by molar-refractivity contribution is 0.300. The molecule has 4 heteroatoms. The second-order valence-corrected chi connectivity index (χ2v) is 4.01. The van der Waals surface area contributed by atoms with Crippen LogP contribution in [0.4, 0.5) is 0 Å². The molecule has 1 saturated carbocycles. The Hall–Kier alpha value is -0.690. The number of thioether (sulfide) groups is 1. The molecule has 1 N–H and O–H groups in total. The summed E-state index contributed by atoms with van der Waals surface area (Å²) in [6.45, 7) is 0.857. The number of nitrogens with one attached hydrogen (secondary N) is 1. The van der Waals surface area contributed by atoms with Crippen molar-refractivity contribution < 1.29 is 0 Å². The molecular formula is C9H15N3S. The third-order valence-electron chi connectivity index (χ3n) is 2.37. The summed E-state index contributed by atoms with van der Waals surface area (Å²) in [6, 6.07) is 0. The van der Waals surface area contributed by atoms with Gasteiger partial charge in [0.2, 0.25) is 0 Å². The highest BCUT2D eigenvalue weighted by molar-refractivity contribution is 8.13. The number of amidine groups is 1. The van der Waals surface area contributed by atoms with Gasteiger partial charge in [-0.15, -0.1) is 0 Å². The van der Waals surface area contributed by atoms with Crippen LogP contribution in [0.5, 0.6) is 0 Å². The summed E-state index contributed by atoms with van der Waals surface area (Å²) >= 11 is 1.49. The minimum absolute atomic E-state index is 0.738. The Morgan fingerprint density at radius 2 is 2.46 bits per heavy atom. The molecule has 1 aliphatic carbocycles. The lowest BCUT2D eigenvalue weighted by Gasteiger charge is -2.24. The number of hydrogen-bond donors (Lipinski definition) is 1. The highest BCUT2D eigenvalue weighted by Crippen LogP contribution is 2.29. The van der Waals surface area contributed by atoms with E-state index in [0.29, 0.717) is 0 Å². The van der Waals surface area contributed by atoms with Crippen molar-refractivity contribution in [1.82, 2.24) is 5.32 Å². The predicted octanol–water partition coefficient (Wildman–Crippen LogP) is 1.97. The van der Waals surface area contributed by atoms with E-state index in [-0.39, 0.29) is 0 Å². The minimum atomic E-state index is 0.738. The van der Waals surface area contributed by atoms with Crippen LogP contribution in [-0.4, -0.2) is 18.0 Å². The van der Waals surface area contributed by atoms with Crippen LogP contribution in [0, 0.1) is 17.4 Å². The number of nitrogens with zero attached hydrogens (tertiary/aromatic N) is 2. The number of hydrogen-bond acceptors (Lipinski definition) is 3. The zero-order valence-corrected chi connectivity index (χ0v) is 8.73. The Morgan fingerprint density at radius 3 is 2.92 bits per heavy atom. The maximum Gasteiger partial charge on any atom is 0.183 e. The van der Waals surface area contributed by atoms with E-state index in [2.05, 4.69) is 10.3 Å². The highest BCUT2D eigenvalue weighted by atomic mass is 32.2. The average Bonchev–Trinajstić information content (AvgIpc) is 2.07. The van der Waals surface area contributed by atoms with Gasteiger partial charge in [-0.05, 0) is 18.6 Å². The second-order valence-electron chi connectivity index (χ2n) is 3.21. The standard InChI is InChI=1S/C9H15N3S/c1-13-9(12-7-10)11-6-5-8-3-2-4-8/h8H,2-6H2,1H3,(H,11,12). The average molecular weight is 197 g/mol. The van der Waals surface area contributed by atoms with E-state index in [0.717, 1.165) is 17.6 Å². The van der Waals surface area contributed by atoms with E-state index >= 15 is 0 Å². The van der Waals surface area contributed by atoms with Crippen LogP contribution < -0.4 is 5.32 Å². The molecular weight excluding hydrogens is 182 g/mol. The van der Waals surface area contributed by atoms with Crippen molar-refractivity contribution in [1.29, 1.82) is 5.26 Å². The minimum Gasteiger partial charge on any atom is -0.272 e. The largest absolute Gasteiger partial charge is 0.272 e. The third-order valence-corrected chi connectivity index (χ3v) is 2.99. The normalized spacial score (nSPS) is 17.7. The molecule has 1 fully saturated rings. The second kappa shape index (κ2) is 5.87. The van der Waals surface area contributed by atoms with E-state index in [1.165, 1.54) is 37.4 Å². The van der Waals surface area contributed by atoms with Crippen LogP contribution in [-0.2, 0) is 0 Å². The molecule has 1 rings (SSSR count). The van der Waals surface area contributed by atoms with Gasteiger partial charge in [0, 0.05) is 6.54 Å². The first-order valence-electron chi connectivity index (χ1n) is 4.60. The molecule has 3 nitrogen and oxygen atoms in total. The molecule has 72 valence electrons. The molecule has 0 saturated heterocycles. The SMILES string of the molecule is CSC(=NCCC1CCC1)NC#N. The van der Waals surface area contributed by atoms with Crippen LogP contribution in [0.25, 0.3) is 0 Å². The van der Waals surface area contributed by atoms with E-state index < -0.39 is 0 Å². The fraction of sp³-hybridized carbons (Fsp3) is 0.778. The van der Waals surface area contributed by atoms with Crippen molar-refractivity contribution in [3.8, 4) is 6.19 Å². The summed E-state index contributed by atoms with van der Waals surface area (Å²) in [7, 11) is 0. The fourth-order valence-electron chi connectivity index (χ4n) is 1.33. The summed E-state index contributed by atoms with van der Waals surface area (Å²) in [4.78, 5) is 4.30. The monoisotopic (exact) mass is 197 g/mol. The van der Waals surface area contributed by atoms with Gasteiger partial charge in [-0.3, -0.25) is 10.3 Å². The van der Waals surface area contributed by atoms with Crippen LogP contribution in [0.1, 0.15) is 25.7 Å². The quantitative estimate of drug-likeness (QED) is 0.326. The number of rotatable bonds is 3. The zero-order chi connectivity index (χ0) is 9.52.